The number of rotatable bonds is 9. The van der Waals surface area contributed by atoms with E-state index in [1.807, 2.05) is 63.2 Å². The quantitative estimate of drug-likeness (QED) is 0.229. The summed E-state index contributed by atoms with van der Waals surface area (Å²) in [6, 6.07) is 14.2. The number of pyridine rings is 2. The molecule has 4 aromatic rings. The van der Waals surface area contributed by atoms with Crippen LogP contribution >= 0.6 is 11.3 Å². The number of amides is 1. The van der Waals surface area contributed by atoms with Crippen LogP contribution in [0.5, 0.6) is 0 Å². The maximum absolute atomic E-state index is 14.1. The SMILES string of the molecule is CCC(NC(C)C)c1cccnc1-c1nc(C(F)(F)F)c(C(=O)N[C@@H](C)c2cccc(-c3cccnc3)c2)s1. The van der Waals surface area contributed by atoms with Crippen LogP contribution in [0.4, 0.5) is 13.2 Å². The van der Waals surface area contributed by atoms with Crippen molar-refractivity contribution < 1.29 is 18.0 Å². The Hall–Kier alpha value is -3.63. The summed E-state index contributed by atoms with van der Waals surface area (Å²) >= 11 is 0.704. The zero-order valence-electron chi connectivity index (χ0n) is 22.1. The van der Waals surface area contributed by atoms with Crippen LogP contribution in [0.25, 0.3) is 21.8 Å². The van der Waals surface area contributed by atoms with E-state index in [1.54, 1.807) is 25.4 Å². The number of alkyl halides is 3. The van der Waals surface area contributed by atoms with Crippen LogP contribution in [0, 0.1) is 0 Å². The monoisotopic (exact) mass is 553 g/mol. The fourth-order valence-electron chi connectivity index (χ4n) is 4.34. The van der Waals surface area contributed by atoms with Crippen molar-refractivity contribution in [2.24, 2.45) is 0 Å². The summed E-state index contributed by atoms with van der Waals surface area (Å²) < 4.78 is 42.2. The minimum atomic E-state index is -4.81. The molecule has 0 saturated heterocycles. The molecule has 0 aliphatic rings. The highest BCUT2D eigenvalue weighted by molar-refractivity contribution is 7.17. The van der Waals surface area contributed by atoms with Gasteiger partial charge in [-0.15, -0.1) is 11.3 Å². The molecule has 2 atom stereocenters. The molecule has 0 aliphatic carbocycles. The Morgan fingerprint density at radius 1 is 1.03 bits per heavy atom. The first kappa shape index (κ1) is 28.4. The predicted octanol–water partition coefficient (Wildman–Crippen LogP) is 7.23. The van der Waals surface area contributed by atoms with E-state index in [0.717, 1.165) is 22.3 Å². The van der Waals surface area contributed by atoms with Crippen molar-refractivity contribution in [3.05, 3.63) is 88.8 Å². The van der Waals surface area contributed by atoms with E-state index in [4.69, 9.17) is 0 Å². The first-order valence-electron chi connectivity index (χ1n) is 12.7. The number of benzene rings is 1. The van der Waals surface area contributed by atoms with E-state index >= 15 is 0 Å². The van der Waals surface area contributed by atoms with E-state index in [0.29, 0.717) is 23.5 Å². The van der Waals surface area contributed by atoms with Crippen LogP contribution in [0.15, 0.2) is 67.1 Å². The second-order valence-corrected chi connectivity index (χ2v) is 10.5. The highest BCUT2D eigenvalue weighted by atomic mass is 32.1. The van der Waals surface area contributed by atoms with Crippen molar-refractivity contribution in [3.8, 4) is 21.8 Å². The number of hydrogen-bond acceptors (Lipinski definition) is 6. The molecule has 0 spiro atoms. The van der Waals surface area contributed by atoms with Gasteiger partial charge >= 0.3 is 6.18 Å². The lowest BCUT2D eigenvalue weighted by Crippen LogP contribution is -2.28. The van der Waals surface area contributed by atoms with Crippen molar-refractivity contribution in [1.82, 2.24) is 25.6 Å². The molecule has 1 aromatic carbocycles. The van der Waals surface area contributed by atoms with Gasteiger partial charge in [-0.3, -0.25) is 14.8 Å². The molecule has 1 unspecified atom stereocenters. The van der Waals surface area contributed by atoms with Crippen molar-refractivity contribution in [2.45, 2.75) is 58.4 Å². The van der Waals surface area contributed by atoms with Gasteiger partial charge in [-0.2, -0.15) is 13.2 Å². The number of aromatic nitrogens is 3. The summed E-state index contributed by atoms with van der Waals surface area (Å²) in [6.45, 7) is 7.72. The Morgan fingerprint density at radius 3 is 2.44 bits per heavy atom. The molecular weight excluding hydrogens is 523 g/mol. The molecule has 0 aliphatic heterocycles. The van der Waals surface area contributed by atoms with E-state index in [1.165, 1.54) is 6.20 Å². The first-order chi connectivity index (χ1) is 18.6. The lowest BCUT2D eigenvalue weighted by atomic mass is 10.0. The van der Waals surface area contributed by atoms with Gasteiger partial charge in [0.1, 0.15) is 15.6 Å². The zero-order valence-corrected chi connectivity index (χ0v) is 22.9. The molecule has 0 saturated carbocycles. The van der Waals surface area contributed by atoms with Crippen LogP contribution in [-0.2, 0) is 6.18 Å². The molecule has 1 amide bonds. The van der Waals surface area contributed by atoms with Crippen molar-refractivity contribution in [1.29, 1.82) is 0 Å². The van der Waals surface area contributed by atoms with E-state index in [-0.39, 0.29) is 17.1 Å². The molecule has 204 valence electrons. The van der Waals surface area contributed by atoms with Gasteiger partial charge in [0, 0.05) is 30.7 Å². The van der Waals surface area contributed by atoms with Gasteiger partial charge in [-0.1, -0.05) is 51.1 Å². The van der Waals surface area contributed by atoms with Crippen LogP contribution in [0.1, 0.15) is 72.7 Å². The number of carbonyl (C=O) groups is 1. The molecule has 6 nitrogen and oxygen atoms in total. The Labute approximate surface area is 229 Å². The zero-order chi connectivity index (χ0) is 28.2. The number of nitrogens with zero attached hydrogens (tertiary/aromatic N) is 3. The van der Waals surface area contributed by atoms with Crippen LogP contribution in [0.2, 0.25) is 0 Å². The van der Waals surface area contributed by atoms with Gasteiger partial charge < -0.3 is 10.6 Å². The van der Waals surface area contributed by atoms with Crippen molar-refractivity contribution in [2.75, 3.05) is 0 Å². The third kappa shape index (κ3) is 6.69. The minimum absolute atomic E-state index is 0.0540. The molecule has 4 rings (SSSR count). The molecule has 39 heavy (non-hydrogen) atoms. The molecule has 0 radical (unpaired) electrons. The van der Waals surface area contributed by atoms with Gasteiger partial charge in [0.25, 0.3) is 5.91 Å². The van der Waals surface area contributed by atoms with E-state index in [9.17, 15) is 18.0 Å². The van der Waals surface area contributed by atoms with Crippen molar-refractivity contribution >= 4 is 17.2 Å². The average molecular weight is 554 g/mol. The summed E-state index contributed by atoms with van der Waals surface area (Å²) in [7, 11) is 0. The van der Waals surface area contributed by atoms with Gasteiger partial charge in [0.05, 0.1) is 6.04 Å². The topological polar surface area (TPSA) is 79.8 Å². The van der Waals surface area contributed by atoms with Crippen LogP contribution < -0.4 is 10.6 Å². The predicted molar refractivity (Wildman–Crippen MR) is 147 cm³/mol. The Kier molecular flexibility index (Phi) is 8.76. The summed E-state index contributed by atoms with van der Waals surface area (Å²) in [5, 5.41) is 6.20. The molecule has 3 heterocycles. The van der Waals surface area contributed by atoms with Gasteiger partial charge in [-0.25, -0.2) is 4.98 Å². The summed E-state index contributed by atoms with van der Waals surface area (Å²) in [5.41, 5.74) is 2.40. The van der Waals surface area contributed by atoms with Crippen molar-refractivity contribution in [3.63, 3.8) is 0 Å². The standard InChI is InChI=1S/C29H30F3N5OS/c1-5-23(35-17(2)3)22-12-8-14-34-24(22)28-37-26(29(30,31)32)25(39-28)27(38)36-18(4)19-9-6-10-20(15-19)21-11-7-13-33-16-21/h6-18,23,35H,5H2,1-4H3,(H,36,38)/t18-,23?/m0/s1. The third-order valence-electron chi connectivity index (χ3n) is 6.19. The third-order valence-corrected chi connectivity index (χ3v) is 7.25. The second kappa shape index (κ2) is 12.0. The Bertz CT molecular complexity index is 1420. The molecule has 0 fully saturated rings. The summed E-state index contributed by atoms with van der Waals surface area (Å²) in [6.07, 6.45) is 0.821. The van der Waals surface area contributed by atoms with Gasteiger partial charge in [0.15, 0.2) is 5.69 Å². The molecule has 3 aromatic heterocycles. The maximum Gasteiger partial charge on any atom is 0.435 e. The summed E-state index contributed by atoms with van der Waals surface area (Å²) in [4.78, 5) is 25.1. The van der Waals surface area contributed by atoms with Gasteiger partial charge in [0.2, 0.25) is 0 Å². The smallest absolute Gasteiger partial charge is 0.345 e. The van der Waals surface area contributed by atoms with Gasteiger partial charge in [-0.05, 0) is 53.8 Å². The first-order valence-corrected chi connectivity index (χ1v) is 13.5. The normalized spacial score (nSPS) is 13.3. The minimum Gasteiger partial charge on any atom is -0.345 e. The highest BCUT2D eigenvalue weighted by Crippen LogP contribution is 2.39. The molecular formula is C29H30F3N5OS. The molecule has 10 heteroatoms. The maximum atomic E-state index is 14.1. The summed E-state index contributed by atoms with van der Waals surface area (Å²) in [5.74, 6) is -0.838. The van der Waals surface area contributed by atoms with E-state index in [2.05, 4.69) is 25.6 Å². The number of hydrogen-bond donors (Lipinski definition) is 2. The van der Waals surface area contributed by atoms with Crippen LogP contribution in [-0.4, -0.2) is 26.9 Å². The Balaban J connectivity index is 1.66. The van der Waals surface area contributed by atoms with Crippen LogP contribution in [0.3, 0.4) is 0 Å². The highest BCUT2D eigenvalue weighted by Gasteiger charge is 2.40. The average Bonchev–Trinajstić information content (AvgIpc) is 3.39. The fraction of sp³-hybridized carbons (Fsp3) is 0.310. The number of thiazole rings is 1. The molecule has 0 bridgehead atoms. The number of carbonyl (C=O) groups excluding carboxylic acids is 1. The largest absolute Gasteiger partial charge is 0.435 e. The number of nitrogens with one attached hydrogen (secondary N) is 2. The molecule has 2 N–H and O–H groups in total. The number of halogens is 3. The second-order valence-electron chi connectivity index (χ2n) is 9.48. The fourth-order valence-corrected chi connectivity index (χ4v) is 5.35. The lowest BCUT2D eigenvalue weighted by Gasteiger charge is -2.21. The Morgan fingerprint density at radius 2 is 1.77 bits per heavy atom. The lowest BCUT2D eigenvalue weighted by molar-refractivity contribution is -0.141. The van der Waals surface area contributed by atoms with E-state index < -0.39 is 28.7 Å².